The van der Waals surface area contributed by atoms with Crippen LogP contribution in [0.15, 0.2) is 29.3 Å². The number of carbonyl (C=O) groups excluding carboxylic acids is 3. The summed E-state index contributed by atoms with van der Waals surface area (Å²) >= 11 is 6.49. The van der Waals surface area contributed by atoms with Crippen LogP contribution < -0.4 is 5.32 Å². The van der Waals surface area contributed by atoms with Crippen LogP contribution in [-0.4, -0.2) is 58.3 Å². The van der Waals surface area contributed by atoms with Gasteiger partial charge in [0.05, 0.1) is 12.0 Å². The van der Waals surface area contributed by atoms with Gasteiger partial charge in [-0.3, -0.25) is 24.3 Å². The highest BCUT2D eigenvalue weighted by Crippen LogP contribution is 2.40. The predicted octanol–water partition coefficient (Wildman–Crippen LogP) is 1.98. The number of methoxy groups -OCH3 is 1. The van der Waals surface area contributed by atoms with Crippen molar-refractivity contribution in [3.8, 4) is 0 Å². The number of aliphatic imine (C=N–C) groups is 1. The molecular weight excluding hydrogens is 420 g/mol. The van der Waals surface area contributed by atoms with Crippen molar-refractivity contribution in [3.63, 3.8) is 0 Å². The fourth-order valence-electron chi connectivity index (χ4n) is 2.96. The van der Waals surface area contributed by atoms with E-state index in [1.807, 2.05) is 0 Å². The zero-order valence-electron chi connectivity index (χ0n) is 16.7. The lowest BCUT2D eigenvalue weighted by Crippen LogP contribution is -2.72. The van der Waals surface area contributed by atoms with Crippen LogP contribution in [0.3, 0.4) is 0 Å². The number of nitrogens with zero attached hydrogens (tertiary/aromatic N) is 3. The minimum Gasteiger partial charge on any atom is -0.624 e. The van der Waals surface area contributed by atoms with Gasteiger partial charge in [0.15, 0.2) is 6.34 Å². The quantitative estimate of drug-likeness (QED) is 0.104. The Balaban J connectivity index is 2.57. The summed E-state index contributed by atoms with van der Waals surface area (Å²) < 4.78 is 2.73. The number of rotatable bonds is 6. The van der Waals surface area contributed by atoms with E-state index in [1.54, 1.807) is 0 Å². The van der Waals surface area contributed by atoms with Crippen molar-refractivity contribution >= 4 is 47.0 Å². The maximum atomic E-state index is 13.7. The van der Waals surface area contributed by atoms with Gasteiger partial charge in [0.2, 0.25) is 11.8 Å². The first-order chi connectivity index (χ1) is 13.8. The molecule has 0 radical (unpaired) electrons. The maximum absolute atomic E-state index is 13.7. The molecule has 0 aliphatic carbocycles. The summed E-state index contributed by atoms with van der Waals surface area (Å²) in [5.41, 5.74) is -1.64. The third-order valence-electron chi connectivity index (χ3n) is 4.55. The number of hydrogen-bond donors (Lipinski definition) is 1. The van der Waals surface area contributed by atoms with E-state index in [-0.39, 0.29) is 17.9 Å². The number of anilines is 1. The fraction of sp³-hybridized carbons (Fsp3) is 0.444. The SMILES string of the molecule is COC(=O)C1CN=C[N+]1([O-])C(Cl)(C(=O)Nc1cccc([N+](=O)[O-])c1)C(=O)C(C)(C)C. The van der Waals surface area contributed by atoms with Crippen LogP contribution in [0, 0.1) is 20.7 Å². The van der Waals surface area contributed by atoms with E-state index >= 15 is 0 Å². The number of ether oxygens (including phenoxy) is 1. The molecule has 3 unspecified atom stereocenters. The van der Waals surface area contributed by atoms with Gasteiger partial charge in [-0.25, -0.2) is 9.79 Å². The van der Waals surface area contributed by atoms with E-state index in [1.165, 1.54) is 39.0 Å². The topological polar surface area (TPSA) is 151 Å². The van der Waals surface area contributed by atoms with Gasteiger partial charge in [0, 0.05) is 23.2 Å². The summed E-state index contributed by atoms with van der Waals surface area (Å²) in [6, 6.07) is 3.31. The number of hydroxylamine groups is 3. The zero-order valence-corrected chi connectivity index (χ0v) is 17.5. The Bertz CT molecular complexity index is 929. The monoisotopic (exact) mass is 440 g/mol. The molecule has 11 nitrogen and oxygen atoms in total. The molecule has 3 atom stereocenters. The van der Waals surface area contributed by atoms with Crippen molar-refractivity contribution in [1.82, 2.24) is 0 Å². The van der Waals surface area contributed by atoms with E-state index < -0.39 is 43.7 Å². The number of alkyl halides is 1. The Morgan fingerprint density at radius 1 is 1.33 bits per heavy atom. The molecule has 1 aliphatic rings. The molecule has 162 valence electrons. The molecule has 0 saturated carbocycles. The number of nitro groups is 1. The first-order valence-corrected chi connectivity index (χ1v) is 9.15. The maximum Gasteiger partial charge on any atom is 0.367 e. The van der Waals surface area contributed by atoms with Crippen molar-refractivity contribution in [2.75, 3.05) is 19.0 Å². The molecule has 1 aromatic carbocycles. The second-order valence-corrected chi connectivity index (χ2v) is 8.24. The molecule has 1 N–H and O–H groups in total. The van der Waals surface area contributed by atoms with Crippen LogP contribution in [0.2, 0.25) is 0 Å². The average molecular weight is 441 g/mol. The summed E-state index contributed by atoms with van der Waals surface area (Å²) in [6.45, 7) is 4.05. The number of quaternary nitrogens is 1. The minimum absolute atomic E-state index is 0.0571. The molecule has 0 bridgehead atoms. The third-order valence-corrected chi connectivity index (χ3v) is 5.15. The van der Waals surface area contributed by atoms with E-state index in [0.717, 1.165) is 19.5 Å². The fourth-order valence-corrected chi connectivity index (χ4v) is 3.45. The van der Waals surface area contributed by atoms with Gasteiger partial charge in [0.1, 0.15) is 6.54 Å². The Kier molecular flexibility index (Phi) is 6.31. The van der Waals surface area contributed by atoms with E-state index in [9.17, 15) is 29.7 Å². The molecule has 12 heteroatoms. The van der Waals surface area contributed by atoms with Crippen molar-refractivity contribution in [2.45, 2.75) is 31.8 Å². The normalized spacial score (nSPS) is 22.8. The number of ketones is 1. The highest BCUT2D eigenvalue weighted by atomic mass is 35.5. The third kappa shape index (κ3) is 3.91. The van der Waals surface area contributed by atoms with Crippen LogP contribution in [0.4, 0.5) is 11.4 Å². The number of nitrogens with one attached hydrogen (secondary N) is 1. The van der Waals surface area contributed by atoms with Crippen molar-refractivity contribution in [3.05, 3.63) is 39.6 Å². The van der Waals surface area contributed by atoms with Gasteiger partial charge in [-0.2, -0.15) is 0 Å². The molecule has 1 aromatic rings. The van der Waals surface area contributed by atoms with Gasteiger partial charge >= 0.3 is 16.9 Å². The molecule has 0 aromatic heterocycles. The molecule has 0 saturated heterocycles. The van der Waals surface area contributed by atoms with Gasteiger partial charge in [-0.15, -0.1) is 0 Å². The number of nitro benzene ring substituents is 1. The van der Waals surface area contributed by atoms with Crippen molar-refractivity contribution in [1.29, 1.82) is 0 Å². The molecule has 30 heavy (non-hydrogen) atoms. The zero-order chi connectivity index (χ0) is 22.9. The number of Topliss-reactive ketones (excluding diaryl/α,β-unsaturated/α-hetero) is 1. The number of carbonyl (C=O) groups is 3. The second kappa shape index (κ2) is 8.09. The van der Waals surface area contributed by atoms with E-state index in [0.29, 0.717) is 0 Å². The highest BCUT2D eigenvalue weighted by Gasteiger charge is 2.65. The van der Waals surface area contributed by atoms with Crippen LogP contribution in [-0.2, 0) is 19.1 Å². The molecule has 0 fully saturated rings. The van der Waals surface area contributed by atoms with Gasteiger partial charge in [0.25, 0.3) is 5.69 Å². The van der Waals surface area contributed by atoms with E-state index in [2.05, 4.69) is 15.0 Å². The Hall–Kier alpha value is -2.89. The summed E-state index contributed by atoms with van der Waals surface area (Å²) in [6.07, 6.45) is 0.727. The number of benzene rings is 1. The van der Waals surface area contributed by atoms with Crippen LogP contribution in [0.1, 0.15) is 20.8 Å². The first kappa shape index (κ1) is 23.4. The van der Waals surface area contributed by atoms with Crippen LogP contribution in [0.25, 0.3) is 0 Å². The number of hydrogen-bond acceptors (Lipinski definition) is 8. The first-order valence-electron chi connectivity index (χ1n) is 8.77. The summed E-state index contributed by atoms with van der Waals surface area (Å²) in [7, 11) is 1.05. The van der Waals surface area contributed by atoms with Gasteiger partial charge in [-0.05, 0) is 17.7 Å². The summed E-state index contributed by atoms with van der Waals surface area (Å²) in [5.74, 6) is -3.20. The lowest BCUT2D eigenvalue weighted by atomic mass is 9.84. The highest BCUT2D eigenvalue weighted by molar-refractivity contribution is 6.47. The second-order valence-electron chi connectivity index (χ2n) is 7.69. The van der Waals surface area contributed by atoms with Crippen molar-refractivity contribution < 1.29 is 28.7 Å². The lowest BCUT2D eigenvalue weighted by molar-refractivity contribution is -0.813. The molecule has 2 rings (SSSR count). The molecule has 1 amide bonds. The number of halogens is 1. The van der Waals surface area contributed by atoms with Crippen LogP contribution >= 0.6 is 11.6 Å². The number of non-ortho nitro benzene ring substituents is 1. The van der Waals surface area contributed by atoms with Crippen molar-refractivity contribution in [2.24, 2.45) is 10.4 Å². The Labute approximate surface area is 177 Å². The average Bonchev–Trinajstić information content (AvgIpc) is 3.08. The van der Waals surface area contributed by atoms with Gasteiger partial charge < -0.3 is 15.3 Å². The summed E-state index contributed by atoms with van der Waals surface area (Å²) in [4.78, 5) is 49.8. The number of amides is 1. The molecular formula is C18H21ClN4O7. The minimum atomic E-state index is -2.85. The largest absolute Gasteiger partial charge is 0.624 e. The Morgan fingerprint density at radius 2 is 1.97 bits per heavy atom. The standard InChI is InChI=1S/C18H21ClN4O7/c1-17(2,3)15(25)18(19,23(29)10-20-9-13(23)14(24)30-4)16(26)21-11-6-5-7-12(8-11)22(27)28/h5-8,10,13H,9H2,1-4H3,(H,21,26). The molecule has 0 spiro atoms. The van der Waals surface area contributed by atoms with E-state index in [4.69, 9.17) is 11.6 Å². The Morgan fingerprint density at radius 3 is 2.50 bits per heavy atom. The van der Waals surface area contributed by atoms with Crippen LogP contribution in [0.5, 0.6) is 0 Å². The smallest absolute Gasteiger partial charge is 0.367 e. The van der Waals surface area contributed by atoms with Gasteiger partial charge in [-0.1, -0.05) is 26.8 Å². The number of esters is 1. The predicted molar refractivity (Wildman–Crippen MR) is 108 cm³/mol. The summed E-state index contributed by atoms with van der Waals surface area (Å²) in [5, 5.41) is 27.0. The molecule has 1 heterocycles. The molecule has 1 aliphatic heterocycles. The lowest BCUT2D eigenvalue weighted by Gasteiger charge is -2.49.